The van der Waals surface area contributed by atoms with E-state index in [1.807, 2.05) is 62.3 Å². The van der Waals surface area contributed by atoms with Gasteiger partial charge in [-0.25, -0.2) is 0 Å². The van der Waals surface area contributed by atoms with E-state index in [9.17, 15) is 4.79 Å². The van der Waals surface area contributed by atoms with Gasteiger partial charge in [0.15, 0.2) is 0 Å². The maximum absolute atomic E-state index is 12.4. The van der Waals surface area contributed by atoms with Gasteiger partial charge in [-0.3, -0.25) is 4.79 Å². The maximum Gasteiger partial charge on any atom is 0.255 e. The molecule has 1 amide bonds. The van der Waals surface area contributed by atoms with Crippen LogP contribution in [0.15, 0.2) is 45.3 Å². The number of hydrogen-bond donors (Lipinski definition) is 1. The molecule has 0 saturated heterocycles. The number of rotatable bonds is 3. The molecule has 0 heterocycles. The summed E-state index contributed by atoms with van der Waals surface area (Å²) in [6.45, 7) is 1.99. The highest BCUT2D eigenvalue weighted by Gasteiger charge is 2.11. The van der Waals surface area contributed by atoms with Gasteiger partial charge in [0.1, 0.15) is 0 Å². The van der Waals surface area contributed by atoms with Gasteiger partial charge in [0.25, 0.3) is 5.91 Å². The van der Waals surface area contributed by atoms with E-state index in [1.165, 1.54) is 0 Å². The lowest BCUT2D eigenvalue weighted by Crippen LogP contribution is -2.16. The number of hydrogen-bond acceptors (Lipinski definition) is 2. The van der Waals surface area contributed by atoms with Crippen LogP contribution in [-0.4, -0.2) is 20.0 Å². The number of anilines is 2. The molecule has 0 aromatic heterocycles. The van der Waals surface area contributed by atoms with Gasteiger partial charge < -0.3 is 10.2 Å². The lowest BCUT2D eigenvalue weighted by Gasteiger charge is -2.18. The zero-order valence-corrected chi connectivity index (χ0v) is 15.2. The Morgan fingerprint density at radius 1 is 1.10 bits per heavy atom. The molecule has 0 spiro atoms. The molecule has 0 atom stereocenters. The largest absolute Gasteiger partial charge is 0.376 e. The van der Waals surface area contributed by atoms with Gasteiger partial charge in [0.2, 0.25) is 0 Å². The molecule has 0 bridgehead atoms. The summed E-state index contributed by atoms with van der Waals surface area (Å²) in [5, 5.41) is 2.96. The number of nitrogens with zero attached hydrogens (tertiary/aromatic N) is 1. The minimum absolute atomic E-state index is 0.128. The van der Waals surface area contributed by atoms with Gasteiger partial charge in [-0.05, 0) is 42.8 Å². The van der Waals surface area contributed by atoms with Gasteiger partial charge in [0, 0.05) is 28.6 Å². The van der Waals surface area contributed by atoms with Crippen LogP contribution in [-0.2, 0) is 0 Å². The van der Waals surface area contributed by atoms with E-state index < -0.39 is 0 Å². The highest BCUT2D eigenvalue weighted by atomic mass is 79.9. The van der Waals surface area contributed by atoms with Crippen molar-refractivity contribution in [3.05, 3.63) is 56.5 Å². The predicted octanol–water partition coefficient (Wildman–Crippen LogP) is 4.84. The Kier molecular flexibility index (Phi) is 5.06. The molecular formula is C16H16Br2N2O. The van der Waals surface area contributed by atoms with Crippen LogP contribution < -0.4 is 10.2 Å². The Balaban J connectivity index is 2.30. The molecule has 21 heavy (non-hydrogen) atoms. The highest BCUT2D eigenvalue weighted by molar-refractivity contribution is 9.10. The summed E-state index contributed by atoms with van der Waals surface area (Å²) in [4.78, 5) is 14.4. The van der Waals surface area contributed by atoms with Crippen molar-refractivity contribution in [1.82, 2.24) is 0 Å². The van der Waals surface area contributed by atoms with Crippen LogP contribution in [0.5, 0.6) is 0 Å². The number of carbonyl (C=O) groups is 1. The van der Waals surface area contributed by atoms with Crippen molar-refractivity contribution in [2.75, 3.05) is 24.3 Å². The fourth-order valence-corrected chi connectivity index (χ4v) is 2.67. The monoisotopic (exact) mass is 410 g/mol. The minimum Gasteiger partial charge on any atom is -0.376 e. The Morgan fingerprint density at radius 3 is 2.43 bits per heavy atom. The third-order valence-corrected chi connectivity index (χ3v) is 4.47. The van der Waals surface area contributed by atoms with Crippen LogP contribution in [0.2, 0.25) is 0 Å². The third kappa shape index (κ3) is 3.86. The number of aryl methyl sites for hydroxylation is 1. The summed E-state index contributed by atoms with van der Waals surface area (Å²) in [7, 11) is 3.89. The summed E-state index contributed by atoms with van der Waals surface area (Å²) in [6, 6.07) is 11.4. The van der Waals surface area contributed by atoms with Crippen molar-refractivity contribution < 1.29 is 4.79 Å². The van der Waals surface area contributed by atoms with E-state index in [-0.39, 0.29) is 5.91 Å². The zero-order chi connectivity index (χ0) is 15.6. The molecule has 0 unspecified atom stereocenters. The summed E-state index contributed by atoms with van der Waals surface area (Å²) in [6.07, 6.45) is 0. The molecule has 2 aromatic rings. The van der Waals surface area contributed by atoms with Crippen molar-refractivity contribution in [2.45, 2.75) is 6.92 Å². The number of halogens is 2. The number of benzene rings is 2. The summed E-state index contributed by atoms with van der Waals surface area (Å²) in [5.74, 6) is -0.128. The molecule has 5 heteroatoms. The number of nitrogens with one attached hydrogen (secondary N) is 1. The van der Waals surface area contributed by atoms with E-state index in [0.717, 1.165) is 25.9 Å². The normalized spacial score (nSPS) is 10.3. The fraction of sp³-hybridized carbons (Fsp3) is 0.188. The second-order valence-electron chi connectivity index (χ2n) is 4.97. The lowest BCUT2D eigenvalue weighted by molar-refractivity contribution is 0.102. The fourth-order valence-electron chi connectivity index (χ4n) is 1.93. The van der Waals surface area contributed by atoms with Crippen LogP contribution in [0.25, 0.3) is 0 Å². The first-order chi connectivity index (χ1) is 9.88. The Hall–Kier alpha value is -1.33. The molecule has 0 radical (unpaired) electrons. The second-order valence-corrected chi connectivity index (χ2v) is 6.74. The second kappa shape index (κ2) is 6.62. The standard InChI is InChI=1S/C16H16Br2N2O/c1-10-4-5-11(8-13(10)18)16(21)19-14-9-12(17)6-7-15(14)20(2)3/h4-9H,1-3H3,(H,19,21). The van der Waals surface area contributed by atoms with Gasteiger partial charge in [-0.2, -0.15) is 0 Å². The maximum atomic E-state index is 12.4. The van der Waals surface area contributed by atoms with Gasteiger partial charge in [-0.15, -0.1) is 0 Å². The van der Waals surface area contributed by atoms with E-state index >= 15 is 0 Å². The summed E-state index contributed by atoms with van der Waals surface area (Å²) >= 11 is 6.89. The van der Waals surface area contributed by atoms with Crippen molar-refractivity contribution in [2.24, 2.45) is 0 Å². The zero-order valence-electron chi connectivity index (χ0n) is 12.1. The average molecular weight is 412 g/mol. The molecule has 110 valence electrons. The minimum atomic E-state index is -0.128. The lowest BCUT2D eigenvalue weighted by atomic mass is 10.1. The average Bonchev–Trinajstić information content (AvgIpc) is 2.41. The van der Waals surface area contributed by atoms with Crippen molar-refractivity contribution >= 4 is 49.1 Å². The molecule has 0 aliphatic rings. The molecule has 0 saturated carbocycles. The van der Waals surface area contributed by atoms with Crippen molar-refractivity contribution in [1.29, 1.82) is 0 Å². The molecule has 2 aromatic carbocycles. The highest BCUT2D eigenvalue weighted by Crippen LogP contribution is 2.28. The van der Waals surface area contributed by atoms with E-state index in [1.54, 1.807) is 0 Å². The summed E-state index contributed by atoms with van der Waals surface area (Å²) in [5.41, 5.74) is 3.45. The van der Waals surface area contributed by atoms with Gasteiger partial charge in [-0.1, -0.05) is 37.9 Å². The van der Waals surface area contributed by atoms with Gasteiger partial charge in [0.05, 0.1) is 11.4 Å². The van der Waals surface area contributed by atoms with E-state index in [2.05, 4.69) is 37.2 Å². The van der Waals surface area contributed by atoms with Crippen LogP contribution >= 0.6 is 31.9 Å². The summed E-state index contributed by atoms with van der Waals surface area (Å²) < 4.78 is 1.85. The van der Waals surface area contributed by atoms with Crippen LogP contribution in [0.4, 0.5) is 11.4 Å². The Morgan fingerprint density at radius 2 is 1.81 bits per heavy atom. The SMILES string of the molecule is Cc1ccc(C(=O)Nc2cc(Br)ccc2N(C)C)cc1Br. The first-order valence-electron chi connectivity index (χ1n) is 6.43. The third-order valence-electron chi connectivity index (χ3n) is 3.12. The molecule has 0 aliphatic carbocycles. The van der Waals surface area contributed by atoms with Crippen LogP contribution in [0.3, 0.4) is 0 Å². The van der Waals surface area contributed by atoms with E-state index in [4.69, 9.17) is 0 Å². The first kappa shape index (κ1) is 16.0. The first-order valence-corrected chi connectivity index (χ1v) is 8.01. The molecule has 1 N–H and O–H groups in total. The Labute approximate surface area is 141 Å². The number of carbonyl (C=O) groups excluding carboxylic acids is 1. The molecule has 0 aliphatic heterocycles. The van der Waals surface area contributed by atoms with Crippen LogP contribution in [0, 0.1) is 6.92 Å². The topological polar surface area (TPSA) is 32.3 Å². The molecule has 2 rings (SSSR count). The van der Waals surface area contributed by atoms with Crippen molar-refractivity contribution in [3.63, 3.8) is 0 Å². The van der Waals surface area contributed by atoms with Crippen molar-refractivity contribution in [3.8, 4) is 0 Å². The van der Waals surface area contributed by atoms with Gasteiger partial charge >= 0.3 is 0 Å². The van der Waals surface area contributed by atoms with Crippen LogP contribution in [0.1, 0.15) is 15.9 Å². The molecular weight excluding hydrogens is 396 g/mol. The quantitative estimate of drug-likeness (QED) is 0.783. The number of amides is 1. The predicted molar refractivity (Wildman–Crippen MR) is 95.3 cm³/mol. The Bertz CT molecular complexity index is 684. The van der Waals surface area contributed by atoms with E-state index in [0.29, 0.717) is 5.56 Å². The smallest absolute Gasteiger partial charge is 0.255 e. The molecule has 3 nitrogen and oxygen atoms in total. The molecule has 0 fully saturated rings.